The van der Waals surface area contributed by atoms with E-state index in [9.17, 15) is 9.59 Å². The van der Waals surface area contributed by atoms with E-state index in [0.29, 0.717) is 18.2 Å². The molecule has 2 rings (SSSR count). The molecule has 0 spiro atoms. The molecule has 0 saturated carbocycles. The second-order valence-electron chi connectivity index (χ2n) is 4.21. The highest BCUT2D eigenvalue weighted by Gasteiger charge is 2.32. The number of carbonyl (C=O) groups excluding carboxylic acids is 2. The van der Waals surface area contributed by atoms with Crippen LogP contribution in [-0.4, -0.2) is 34.4 Å². The number of nitrogens with zero attached hydrogens (tertiary/aromatic N) is 1. The maximum atomic E-state index is 12.0. The van der Waals surface area contributed by atoms with Crippen molar-refractivity contribution < 1.29 is 9.59 Å². The average Bonchev–Trinajstić information content (AvgIpc) is 2.86. The first-order valence-electron chi connectivity index (χ1n) is 5.85. The Morgan fingerprint density at radius 3 is 2.78 bits per heavy atom. The summed E-state index contributed by atoms with van der Waals surface area (Å²) in [5.41, 5.74) is 1.06. The van der Waals surface area contributed by atoms with E-state index in [2.05, 4.69) is 5.32 Å². The van der Waals surface area contributed by atoms with Crippen LogP contribution in [0.15, 0.2) is 30.3 Å². The molecule has 2 amide bonds. The highest BCUT2D eigenvalue weighted by molar-refractivity contribution is 7.99. The number of rotatable bonds is 3. The number of carbonyl (C=O) groups is 2. The summed E-state index contributed by atoms with van der Waals surface area (Å²) in [6, 6.07) is 9.43. The molecule has 1 heterocycles. The van der Waals surface area contributed by atoms with E-state index in [1.807, 2.05) is 30.3 Å². The Hall–Kier alpha value is -1.49. The fraction of sp³-hybridized carbons (Fsp3) is 0.385. The Morgan fingerprint density at radius 1 is 1.39 bits per heavy atom. The van der Waals surface area contributed by atoms with Crippen LogP contribution in [0.3, 0.4) is 0 Å². The molecule has 96 valence electrons. The van der Waals surface area contributed by atoms with Gasteiger partial charge in [0.2, 0.25) is 11.8 Å². The summed E-state index contributed by atoms with van der Waals surface area (Å²) in [6.07, 6.45) is 0. The van der Waals surface area contributed by atoms with Crippen LogP contribution < -0.4 is 5.32 Å². The molecule has 1 fully saturated rings. The maximum absolute atomic E-state index is 12.0. The largest absolute Gasteiger partial charge is 0.350 e. The normalized spacial score (nSPS) is 18.7. The van der Waals surface area contributed by atoms with E-state index in [1.165, 1.54) is 6.92 Å². The van der Waals surface area contributed by atoms with Gasteiger partial charge in [-0.05, 0) is 5.56 Å². The molecule has 0 unspecified atom stereocenters. The molecular formula is C13H16N2O2S. The van der Waals surface area contributed by atoms with Crippen molar-refractivity contribution in [1.29, 1.82) is 0 Å². The van der Waals surface area contributed by atoms with Gasteiger partial charge in [-0.25, -0.2) is 0 Å². The van der Waals surface area contributed by atoms with Crippen molar-refractivity contribution in [3.8, 4) is 0 Å². The molecule has 1 aromatic rings. The number of hydrogen-bond acceptors (Lipinski definition) is 3. The number of amides is 2. The van der Waals surface area contributed by atoms with Crippen molar-refractivity contribution in [2.24, 2.45) is 0 Å². The second-order valence-corrected chi connectivity index (χ2v) is 5.21. The third kappa shape index (κ3) is 3.04. The summed E-state index contributed by atoms with van der Waals surface area (Å²) in [4.78, 5) is 25.0. The Labute approximate surface area is 111 Å². The Morgan fingerprint density at radius 2 is 2.11 bits per heavy atom. The molecule has 0 bridgehead atoms. The number of hydrogen-bond donors (Lipinski definition) is 1. The monoisotopic (exact) mass is 264 g/mol. The van der Waals surface area contributed by atoms with E-state index >= 15 is 0 Å². The van der Waals surface area contributed by atoms with Crippen molar-refractivity contribution in [1.82, 2.24) is 10.2 Å². The predicted octanol–water partition coefficient (Wildman–Crippen LogP) is 1.22. The molecular weight excluding hydrogens is 248 g/mol. The first-order chi connectivity index (χ1) is 8.68. The van der Waals surface area contributed by atoms with Gasteiger partial charge in [-0.1, -0.05) is 30.3 Å². The zero-order valence-corrected chi connectivity index (χ0v) is 11.1. The third-order valence-corrected chi connectivity index (χ3v) is 3.91. The Balaban J connectivity index is 1.90. The van der Waals surface area contributed by atoms with E-state index in [-0.39, 0.29) is 17.9 Å². The Kier molecular flexibility index (Phi) is 4.25. The standard InChI is InChI=1S/C13H16N2O2S/c1-10(16)15-9-18-8-12(15)13(17)14-7-11-5-3-2-4-6-11/h2-6,12H,7-9H2,1H3,(H,14,17)/t12-/m1/s1. The van der Waals surface area contributed by atoms with E-state index in [0.717, 1.165) is 5.56 Å². The fourth-order valence-electron chi connectivity index (χ4n) is 1.87. The molecule has 1 aliphatic rings. The van der Waals surface area contributed by atoms with Crippen molar-refractivity contribution in [3.05, 3.63) is 35.9 Å². The SMILES string of the molecule is CC(=O)N1CSC[C@@H]1C(=O)NCc1ccccc1. The summed E-state index contributed by atoms with van der Waals surface area (Å²) in [6.45, 7) is 2.01. The number of benzene rings is 1. The first-order valence-corrected chi connectivity index (χ1v) is 7.00. The molecule has 4 nitrogen and oxygen atoms in total. The molecule has 0 aromatic heterocycles. The quantitative estimate of drug-likeness (QED) is 0.893. The lowest BCUT2D eigenvalue weighted by molar-refractivity contribution is -0.136. The van der Waals surface area contributed by atoms with Crippen LogP contribution in [0.25, 0.3) is 0 Å². The minimum absolute atomic E-state index is 0.0418. The topological polar surface area (TPSA) is 49.4 Å². The molecule has 1 atom stereocenters. The lowest BCUT2D eigenvalue weighted by Gasteiger charge is -2.21. The number of nitrogens with one attached hydrogen (secondary N) is 1. The van der Waals surface area contributed by atoms with Gasteiger partial charge in [-0.2, -0.15) is 0 Å². The predicted molar refractivity (Wildman–Crippen MR) is 71.9 cm³/mol. The van der Waals surface area contributed by atoms with Crippen LogP contribution >= 0.6 is 11.8 Å². The first kappa shape index (κ1) is 13.0. The minimum atomic E-state index is -0.323. The summed E-state index contributed by atoms with van der Waals surface area (Å²) in [5, 5.41) is 2.88. The molecule has 0 radical (unpaired) electrons. The third-order valence-electron chi connectivity index (χ3n) is 2.90. The Bertz CT molecular complexity index is 436. The lowest BCUT2D eigenvalue weighted by atomic mass is 10.2. The zero-order valence-electron chi connectivity index (χ0n) is 10.3. The van der Waals surface area contributed by atoms with Gasteiger partial charge < -0.3 is 10.2 Å². The molecule has 1 aromatic carbocycles. The van der Waals surface area contributed by atoms with Crippen LogP contribution in [0.5, 0.6) is 0 Å². The van der Waals surface area contributed by atoms with Crippen LogP contribution in [0.4, 0.5) is 0 Å². The van der Waals surface area contributed by atoms with Gasteiger partial charge in [-0.15, -0.1) is 11.8 Å². The molecule has 1 saturated heterocycles. The molecule has 0 aliphatic carbocycles. The smallest absolute Gasteiger partial charge is 0.243 e. The van der Waals surface area contributed by atoms with Crippen LogP contribution in [-0.2, 0) is 16.1 Å². The van der Waals surface area contributed by atoms with Crippen LogP contribution in [0, 0.1) is 0 Å². The van der Waals surface area contributed by atoms with E-state index < -0.39 is 0 Å². The van der Waals surface area contributed by atoms with Gasteiger partial charge in [-0.3, -0.25) is 9.59 Å². The van der Waals surface area contributed by atoms with E-state index in [4.69, 9.17) is 0 Å². The fourth-order valence-corrected chi connectivity index (χ4v) is 3.09. The van der Waals surface area contributed by atoms with Gasteiger partial charge in [0.1, 0.15) is 6.04 Å². The maximum Gasteiger partial charge on any atom is 0.243 e. The van der Waals surface area contributed by atoms with Crippen molar-refractivity contribution >= 4 is 23.6 Å². The summed E-state index contributed by atoms with van der Waals surface area (Å²) < 4.78 is 0. The minimum Gasteiger partial charge on any atom is -0.350 e. The van der Waals surface area contributed by atoms with E-state index in [1.54, 1.807) is 16.7 Å². The molecule has 1 N–H and O–H groups in total. The van der Waals surface area contributed by atoms with Crippen molar-refractivity contribution in [3.63, 3.8) is 0 Å². The van der Waals surface area contributed by atoms with Gasteiger partial charge in [0.05, 0.1) is 5.88 Å². The number of thioether (sulfide) groups is 1. The molecule has 5 heteroatoms. The average molecular weight is 264 g/mol. The summed E-state index contributed by atoms with van der Waals surface area (Å²) in [5.74, 6) is 1.18. The summed E-state index contributed by atoms with van der Waals surface area (Å²) >= 11 is 1.61. The molecule has 1 aliphatic heterocycles. The van der Waals surface area contributed by atoms with Crippen LogP contribution in [0.1, 0.15) is 12.5 Å². The highest BCUT2D eigenvalue weighted by atomic mass is 32.2. The molecule has 18 heavy (non-hydrogen) atoms. The van der Waals surface area contributed by atoms with Crippen molar-refractivity contribution in [2.45, 2.75) is 19.5 Å². The lowest BCUT2D eigenvalue weighted by Crippen LogP contribution is -2.46. The van der Waals surface area contributed by atoms with Crippen LogP contribution in [0.2, 0.25) is 0 Å². The zero-order chi connectivity index (χ0) is 13.0. The van der Waals surface area contributed by atoms with Gasteiger partial charge in [0.15, 0.2) is 0 Å². The summed E-state index contributed by atoms with van der Waals surface area (Å²) in [7, 11) is 0. The second kappa shape index (κ2) is 5.91. The van der Waals surface area contributed by atoms with Gasteiger partial charge in [0.25, 0.3) is 0 Å². The van der Waals surface area contributed by atoms with Gasteiger partial charge in [0, 0.05) is 19.2 Å². The van der Waals surface area contributed by atoms with Gasteiger partial charge >= 0.3 is 0 Å². The highest BCUT2D eigenvalue weighted by Crippen LogP contribution is 2.20. The van der Waals surface area contributed by atoms with Crippen molar-refractivity contribution in [2.75, 3.05) is 11.6 Å².